The largest absolute Gasteiger partial charge is 0.455 e. The molecule has 30 heavy (non-hydrogen) atoms. The maximum atomic E-state index is 6.44. The first-order valence-electron chi connectivity index (χ1n) is 11.1. The number of aryl methyl sites for hydroxylation is 1. The predicted octanol–water partition coefficient (Wildman–Crippen LogP) is 7.58. The molecule has 0 bridgehead atoms. The maximum absolute atomic E-state index is 6.44. The molecule has 0 saturated heterocycles. The lowest BCUT2D eigenvalue weighted by molar-refractivity contribution is 0.435. The standard InChI is InChI=1S/C27H33NOSi/c1-8-27(4,9-2)21-17-28-22(16-18(21)3)19-14-15-24(30(5,6)7)25-20-12-10-11-13-23(20)29-26(19)25/h10-17H,8-9H2,1-7H3. The lowest BCUT2D eigenvalue weighted by Crippen LogP contribution is -2.37. The molecular formula is C27H33NOSi. The predicted molar refractivity (Wildman–Crippen MR) is 133 cm³/mol. The molecule has 0 saturated carbocycles. The second-order valence-electron chi connectivity index (χ2n) is 9.87. The first kappa shape index (κ1) is 20.9. The van der Waals surface area contributed by atoms with Gasteiger partial charge in [-0.3, -0.25) is 4.98 Å². The Labute approximate surface area is 181 Å². The van der Waals surface area contributed by atoms with Crippen LogP contribution in [0, 0.1) is 6.92 Å². The molecule has 0 aliphatic carbocycles. The molecule has 2 nitrogen and oxygen atoms in total. The average molecular weight is 416 g/mol. The average Bonchev–Trinajstić information content (AvgIpc) is 3.11. The van der Waals surface area contributed by atoms with Crippen molar-refractivity contribution in [3.8, 4) is 11.3 Å². The molecule has 0 aliphatic heterocycles. The highest BCUT2D eigenvalue weighted by molar-refractivity contribution is 6.90. The number of hydrogen-bond donors (Lipinski definition) is 0. The summed E-state index contributed by atoms with van der Waals surface area (Å²) < 4.78 is 6.44. The van der Waals surface area contributed by atoms with Crippen molar-refractivity contribution in [1.82, 2.24) is 4.98 Å². The van der Waals surface area contributed by atoms with Crippen molar-refractivity contribution in [3.63, 3.8) is 0 Å². The van der Waals surface area contributed by atoms with Gasteiger partial charge in [0.05, 0.1) is 13.8 Å². The number of para-hydroxylation sites is 1. The molecule has 4 rings (SSSR count). The van der Waals surface area contributed by atoms with Gasteiger partial charge in [0.2, 0.25) is 0 Å². The van der Waals surface area contributed by atoms with E-state index < -0.39 is 8.07 Å². The fraction of sp³-hybridized carbons (Fsp3) is 0.370. The van der Waals surface area contributed by atoms with E-state index in [1.165, 1.54) is 27.1 Å². The smallest absolute Gasteiger partial charge is 0.144 e. The van der Waals surface area contributed by atoms with Crippen molar-refractivity contribution in [1.29, 1.82) is 0 Å². The van der Waals surface area contributed by atoms with E-state index in [9.17, 15) is 0 Å². The van der Waals surface area contributed by atoms with E-state index in [0.29, 0.717) is 0 Å². The van der Waals surface area contributed by atoms with Crippen LogP contribution in [0.5, 0.6) is 0 Å². The van der Waals surface area contributed by atoms with Gasteiger partial charge in [-0.15, -0.1) is 0 Å². The van der Waals surface area contributed by atoms with E-state index in [0.717, 1.165) is 35.3 Å². The number of rotatable bonds is 5. The Morgan fingerprint density at radius 2 is 1.70 bits per heavy atom. The lowest BCUT2D eigenvalue weighted by atomic mass is 9.76. The third-order valence-corrected chi connectivity index (χ3v) is 8.96. The monoisotopic (exact) mass is 415 g/mol. The number of fused-ring (bicyclic) bond motifs is 3. The van der Waals surface area contributed by atoms with Gasteiger partial charge in [0.15, 0.2) is 0 Å². The summed E-state index contributed by atoms with van der Waals surface area (Å²) in [6, 6.07) is 15.2. The molecule has 0 unspecified atom stereocenters. The van der Waals surface area contributed by atoms with Gasteiger partial charge in [-0.1, -0.05) is 64.7 Å². The summed E-state index contributed by atoms with van der Waals surface area (Å²) in [5, 5.41) is 3.94. The van der Waals surface area contributed by atoms with Crippen molar-refractivity contribution in [2.75, 3.05) is 0 Å². The van der Waals surface area contributed by atoms with Gasteiger partial charge in [-0.2, -0.15) is 0 Å². The molecule has 0 amide bonds. The third-order valence-electron chi connectivity index (χ3n) is 6.93. The summed E-state index contributed by atoms with van der Waals surface area (Å²) in [5.74, 6) is 0. The highest BCUT2D eigenvalue weighted by Crippen LogP contribution is 2.38. The van der Waals surface area contributed by atoms with Crippen LogP contribution in [0.3, 0.4) is 0 Å². The zero-order valence-electron chi connectivity index (χ0n) is 19.4. The van der Waals surface area contributed by atoms with Gasteiger partial charge in [-0.05, 0) is 59.7 Å². The fourth-order valence-electron chi connectivity index (χ4n) is 4.62. The summed E-state index contributed by atoms with van der Waals surface area (Å²) in [7, 11) is -1.54. The SMILES string of the molecule is CCC(C)(CC)c1cnc(-c2ccc([Si](C)(C)C)c3c2oc2ccccc23)cc1C. The number of pyridine rings is 1. The third kappa shape index (κ3) is 3.29. The Morgan fingerprint density at radius 3 is 2.33 bits per heavy atom. The molecule has 2 heterocycles. The minimum atomic E-state index is -1.54. The number of benzene rings is 2. The fourth-order valence-corrected chi connectivity index (χ4v) is 6.20. The van der Waals surface area contributed by atoms with E-state index in [4.69, 9.17) is 9.40 Å². The Hall–Kier alpha value is -2.39. The number of hydrogen-bond acceptors (Lipinski definition) is 2. The molecule has 0 spiro atoms. The van der Waals surface area contributed by atoms with Crippen molar-refractivity contribution in [2.24, 2.45) is 0 Å². The highest BCUT2D eigenvalue weighted by atomic mass is 28.3. The van der Waals surface area contributed by atoms with Crippen molar-refractivity contribution in [2.45, 2.75) is 65.6 Å². The van der Waals surface area contributed by atoms with Gasteiger partial charge in [0.1, 0.15) is 11.2 Å². The number of aromatic nitrogens is 1. The van der Waals surface area contributed by atoms with Crippen molar-refractivity contribution >= 4 is 35.2 Å². The zero-order valence-corrected chi connectivity index (χ0v) is 20.4. The molecule has 2 aromatic heterocycles. The topological polar surface area (TPSA) is 26.0 Å². The van der Waals surface area contributed by atoms with E-state index >= 15 is 0 Å². The summed E-state index contributed by atoms with van der Waals surface area (Å²) >= 11 is 0. The van der Waals surface area contributed by atoms with Crippen LogP contribution in [0.1, 0.15) is 44.7 Å². The Morgan fingerprint density at radius 1 is 1.00 bits per heavy atom. The van der Waals surface area contributed by atoms with Crippen LogP contribution in [-0.4, -0.2) is 13.1 Å². The maximum Gasteiger partial charge on any atom is 0.144 e. The van der Waals surface area contributed by atoms with E-state index in [-0.39, 0.29) is 5.41 Å². The summed E-state index contributed by atoms with van der Waals surface area (Å²) in [6.45, 7) is 16.3. The lowest BCUT2D eigenvalue weighted by Gasteiger charge is -2.29. The molecule has 156 valence electrons. The van der Waals surface area contributed by atoms with E-state index in [1.54, 1.807) is 0 Å². The Balaban J connectivity index is 1.98. The van der Waals surface area contributed by atoms with Crippen molar-refractivity contribution in [3.05, 3.63) is 59.8 Å². The molecule has 0 atom stereocenters. The van der Waals surface area contributed by atoms with Gasteiger partial charge < -0.3 is 4.42 Å². The van der Waals surface area contributed by atoms with Gasteiger partial charge >= 0.3 is 0 Å². The molecule has 3 heteroatoms. The molecule has 4 aromatic rings. The number of furan rings is 1. The van der Waals surface area contributed by atoms with Crippen LogP contribution >= 0.6 is 0 Å². The van der Waals surface area contributed by atoms with Gasteiger partial charge in [-0.25, -0.2) is 0 Å². The Kier molecular flexibility index (Phi) is 5.14. The second-order valence-corrected chi connectivity index (χ2v) is 14.9. The zero-order chi connectivity index (χ0) is 21.7. The first-order chi connectivity index (χ1) is 14.2. The van der Waals surface area contributed by atoms with Crippen LogP contribution in [0.15, 0.2) is 53.1 Å². The molecule has 0 radical (unpaired) electrons. The van der Waals surface area contributed by atoms with Crippen molar-refractivity contribution < 1.29 is 4.42 Å². The number of nitrogens with zero attached hydrogens (tertiary/aromatic N) is 1. The molecule has 0 aliphatic rings. The van der Waals surface area contributed by atoms with Crippen LogP contribution in [-0.2, 0) is 5.41 Å². The van der Waals surface area contributed by atoms with Crippen LogP contribution in [0.25, 0.3) is 33.2 Å². The van der Waals surface area contributed by atoms with Crippen LogP contribution in [0.4, 0.5) is 0 Å². The highest BCUT2D eigenvalue weighted by Gasteiger charge is 2.27. The second kappa shape index (κ2) is 7.38. The van der Waals surface area contributed by atoms with E-state index in [1.807, 2.05) is 6.07 Å². The van der Waals surface area contributed by atoms with Crippen LogP contribution < -0.4 is 5.19 Å². The van der Waals surface area contributed by atoms with E-state index in [2.05, 4.69) is 89.9 Å². The first-order valence-corrected chi connectivity index (χ1v) is 14.6. The minimum absolute atomic E-state index is 0.173. The molecule has 2 aromatic carbocycles. The van der Waals surface area contributed by atoms with Gasteiger partial charge in [0, 0.05) is 22.5 Å². The molecule has 0 fully saturated rings. The summed E-state index contributed by atoms with van der Waals surface area (Å²) in [4.78, 5) is 4.94. The summed E-state index contributed by atoms with van der Waals surface area (Å²) in [6.07, 6.45) is 4.33. The van der Waals surface area contributed by atoms with Gasteiger partial charge in [0.25, 0.3) is 0 Å². The Bertz CT molecular complexity index is 1230. The minimum Gasteiger partial charge on any atom is -0.455 e. The molecular weight excluding hydrogens is 382 g/mol. The quantitative estimate of drug-likeness (QED) is 0.314. The normalized spacial score (nSPS) is 12.8. The summed E-state index contributed by atoms with van der Waals surface area (Å²) in [5.41, 5.74) is 6.86. The molecule has 0 N–H and O–H groups in total. The van der Waals surface area contributed by atoms with Crippen LogP contribution in [0.2, 0.25) is 19.6 Å².